The van der Waals surface area contributed by atoms with Crippen LogP contribution in [-0.4, -0.2) is 33.1 Å². The molecule has 0 aliphatic heterocycles. The summed E-state index contributed by atoms with van der Waals surface area (Å²) in [4.78, 5) is 30.5. The largest absolute Gasteiger partial charge is 0.490 e. The van der Waals surface area contributed by atoms with Gasteiger partial charge in [0.2, 0.25) is 5.91 Å². The Morgan fingerprint density at radius 1 is 0.944 bits per heavy atom. The van der Waals surface area contributed by atoms with Gasteiger partial charge in [-0.2, -0.15) is 13.2 Å². The summed E-state index contributed by atoms with van der Waals surface area (Å²) in [5.74, 6) is -2.90. The van der Waals surface area contributed by atoms with Gasteiger partial charge in [-0.15, -0.1) is 0 Å². The third-order valence-electron chi connectivity index (χ3n) is 5.61. The smallest absolute Gasteiger partial charge is 0.475 e. The Hall–Kier alpha value is -4.34. The van der Waals surface area contributed by atoms with E-state index < -0.39 is 12.1 Å². The van der Waals surface area contributed by atoms with Crippen LogP contribution < -0.4 is 5.32 Å². The van der Waals surface area contributed by atoms with Gasteiger partial charge in [0.05, 0.1) is 16.9 Å². The molecule has 2 atom stereocenters. The van der Waals surface area contributed by atoms with E-state index in [9.17, 15) is 22.4 Å². The molecule has 0 saturated heterocycles. The lowest BCUT2D eigenvalue weighted by atomic mass is 10.1. The van der Waals surface area contributed by atoms with Gasteiger partial charge in [-0.1, -0.05) is 24.3 Å². The number of carbonyl (C=O) groups excluding carboxylic acids is 1. The maximum Gasteiger partial charge on any atom is 0.490 e. The lowest BCUT2D eigenvalue weighted by molar-refractivity contribution is -0.192. The zero-order chi connectivity index (χ0) is 25.9. The molecule has 184 valence electrons. The number of carbonyl (C=O) groups is 2. The van der Waals surface area contributed by atoms with E-state index in [0.717, 1.165) is 39.8 Å². The van der Waals surface area contributed by atoms with Crippen molar-refractivity contribution in [1.82, 2.24) is 9.97 Å². The normalized spacial score (nSPS) is 16.6. The predicted molar refractivity (Wildman–Crippen MR) is 125 cm³/mol. The van der Waals surface area contributed by atoms with Gasteiger partial charge in [-0.05, 0) is 60.4 Å². The van der Waals surface area contributed by atoms with Crippen molar-refractivity contribution < 1.29 is 32.3 Å². The first-order chi connectivity index (χ1) is 17.1. The van der Waals surface area contributed by atoms with Gasteiger partial charge in [0.1, 0.15) is 5.82 Å². The van der Waals surface area contributed by atoms with Gasteiger partial charge in [0.15, 0.2) is 0 Å². The number of carboxylic acid groups (broad SMARTS) is 1. The number of pyridine rings is 2. The molecule has 36 heavy (non-hydrogen) atoms. The van der Waals surface area contributed by atoms with Crippen molar-refractivity contribution in [3.8, 4) is 11.3 Å². The molecule has 1 amide bonds. The molecular formula is C26H19F4N3O3. The van der Waals surface area contributed by atoms with Crippen molar-refractivity contribution in [2.24, 2.45) is 5.92 Å². The maximum atomic E-state index is 13.1. The van der Waals surface area contributed by atoms with Crippen LogP contribution in [0.25, 0.3) is 22.2 Å². The molecule has 2 aromatic heterocycles. The van der Waals surface area contributed by atoms with Crippen molar-refractivity contribution in [3.63, 3.8) is 0 Å². The fourth-order valence-corrected chi connectivity index (χ4v) is 3.70. The number of nitrogens with zero attached hydrogens (tertiary/aromatic N) is 2. The number of hydrogen-bond donors (Lipinski definition) is 2. The number of alkyl halides is 3. The topological polar surface area (TPSA) is 92.2 Å². The molecule has 5 rings (SSSR count). The van der Waals surface area contributed by atoms with Crippen LogP contribution >= 0.6 is 0 Å². The van der Waals surface area contributed by atoms with Crippen LogP contribution in [0.15, 0.2) is 79.1 Å². The Kier molecular flexibility index (Phi) is 6.96. The van der Waals surface area contributed by atoms with Crippen molar-refractivity contribution in [3.05, 3.63) is 90.5 Å². The third-order valence-corrected chi connectivity index (χ3v) is 5.61. The Morgan fingerprint density at radius 2 is 1.64 bits per heavy atom. The average molecular weight is 497 g/mol. The number of hydrogen-bond acceptors (Lipinski definition) is 4. The first-order valence-electron chi connectivity index (χ1n) is 10.8. The van der Waals surface area contributed by atoms with E-state index in [1.165, 1.54) is 12.1 Å². The van der Waals surface area contributed by atoms with Crippen molar-refractivity contribution in [2.45, 2.75) is 18.5 Å². The standard InChI is InChI=1S/C24H18FN3O.C2HF3O2/c25-18-9-6-15(7-10-18)21-11-8-17(14-27-21)19-13-20(19)24(29)28-22-5-1-3-16-4-2-12-26-23(16)22;3-2(4,5)1(6)7/h1-12,14,19-20H,13H2,(H,28,29);(H,6,7)/t19-,20+;/m0./s1. The van der Waals surface area contributed by atoms with Crippen LogP contribution in [-0.2, 0) is 9.59 Å². The lowest BCUT2D eigenvalue weighted by Gasteiger charge is -2.08. The highest BCUT2D eigenvalue weighted by molar-refractivity contribution is 6.02. The van der Waals surface area contributed by atoms with Gasteiger partial charge in [-0.3, -0.25) is 14.8 Å². The fraction of sp³-hybridized carbons (Fsp3) is 0.154. The Balaban J connectivity index is 0.000000384. The second-order valence-corrected chi connectivity index (χ2v) is 8.11. The van der Waals surface area contributed by atoms with Crippen LogP contribution in [0.3, 0.4) is 0 Å². The van der Waals surface area contributed by atoms with E-state index in [-0.39, 0.29) is 23.6 Å². The van der Waals surface area contributed by atoms with E-state index in [1.54, 1.807) is 18.3 Å². The van der Waals surface area contributed by atoms with Gasteiger partial charge in [0.25, 0.3) is 0 Å². The summed E-state index contributed by atoms with van der Waals surface area (Å²) in [6, 6.07) is 19.8. The first kappa shape index (κ1) is 24.8. The summed E-state index contributed by atoms with van der Waals surface area (Å²) in [6.07, 6.45) is -0.732. The fourth-order valence-electron chi connectivity index (χ4n) is 3.70. The number of amides is 1. The van der Waals surface area contributed by atoms with Crippen molar-refractivity contribution in [1.29, 1.82) is 0 Å². The molecule has 2 N–H and O–H groups in total. The minimum Gasteiger partial charge on any atom is -0.475 e. The van der Waals surface area contributed by atoms with E-state index in [4.69, 9.17) is 9.90 Å². The molecule has 0 unspecified atom stereocenters. The highest BCUT2D eigenvalue weighted by atomic mass is 19.4. The van der Waals surface area contributed by atoms with Crippen LogP contribution in [0, 0.1) is 11.7 Å². The zero-order valence-corrected chi connectivity index (χ0v) is 18.5. The number of aliphatic carboxylic acids is 1. The number of aromatic nitrogens is 2. The molecule has 6 nitrogen and oxygen atoms in total. The number of carboxylic acids is 1. The van der Waals surface area contributed by atoms with E-state index in [2.05, 4.69) is 15.3 Å². The van der Waals surface area contributed by atoms with Crippen LogP contribution in [0.1, 0.15) is 17.9 Å². The van der Waals surface area contributed by atoms with E-state index in [1.807, 2.05) is 48.7 Å². The number of benzene rings is 2. The Morgan fingerprint density at radius 3 is 2.28 bits per heavy atom. The minimum atomic E-state index is -5.08. The summed E-state index contributed by atoms with van der Waals surface area (Å²) >= 11 is 0. The van der Waals surface area contributed by atoms with Crippen molar-refractivity contribution >= 4 is 28.5 Å². The number of anilines is 1. The molecule has 10 heteroatoms. The molecule has 1 aliphatic carbocycles. The molecule has 1 aliphatic rings. The van der Waals surface area contributed by atoms with Gasteiger partial charge < -0.3 is 10.4 Å². The van der Waals surface area contributed by atoms with Crippen molar-refractivity contribution in [2.75, 3.05) is 5.32 Å². The van der Waals surface area contributed by atoms with Gasteiger partial charge in [0, 0.05) is 29.3 Å². The SMILES string of the molecule is O=C(Nc1cccc2cccnc12)[C@@H]1C[C@H]1c1ccc(-c2ccc(F)cc2)nc1.O=C(O)C(F)(F)F. The summed E-state index contributed by atoms with van der Waals surface area (Å²) in [7, 11) is 0. The highest BCUT2D eigenvalue weighted by Gasteiger charge is 2.44. The number of para-hydroxylation sites is 1. The Bertz CT molecular complexity index is 1390. The van der Waals surface area contributed by atoms with E-state index in [0.29, 0.717) is 0 Å². The first-order valence-corrected chi connectivity index (χ1v) is 10.8. The van der Waals surface area contributed by atoms with Crippen LogP contribution in [0.5, 0.6) is 0 Å². The summed E-state index contributed by atoms with van der Waals surface area (Å²) < 4.78 is 44.8. The maximum absolute atomic E-state index is 13.1. The van der Waals surface area contributed by atoms with Crippen LogP contribution in [0.4, 0.5) is 23.2 Å². The average Bonchev–Trinajstić information content (AvgIpc) is 3.66. The number of rotatable bonds is 4. The molecule has 1 fully saturated rings. The second kappa shape index (κ2) is 10.1. The van der Waals surface area contributed by atoms with Gasteiger partial charge in [-0.25, -0.2) is 9.18 Å². The Labute approximate surface area is 202 Å². The third kappa shape index (κ3) is 5.83. The number of nitrogens with one attached hydrogen (secondary N) is 1. The molecule has 1 saturated carbocycles. The lowest BCUT2D eigenvalue weighted by Crippen LogP contribution is -2.21. The molecule has 4 aromatic rings. The molecular weight excluding hydrogens is 478 g/mol. The second-order valence-electron chi connectivity index (χ2n) is 8.11. The predicted octanol–water partition coefficient (Wildman–Crippen LogP) is 5.81. The number of fused-ring (bicyclic) bond motifs is 1. The molecule has 2 heterocycles. The minimum absolute atomic E-state index is 0.00997. The summed E-state index contributed by atoms with van der Waals surface area (Å²) in [5, 5.41) is 11.2. The molecule has 2 aromatic carbocycles. The quantitative estimate of drug-likeness (QED) is 0.347. The van der Waals surface area contributed by atoms with Crippen LogP contribution in [0.2, 0.25) is 0 Å². The molecule has 0 bridgehead atoms. The molecule has 0 radical (unpaired) electrons. The summed E-state index contributed by atoms with van der Waals surface area (Å²) in [5.41, 5.74) is 4.24. The number of halogens is 4. The molecule has 0 spiro atoms. The highest BCUT2D eigenvalue weighted by Crippen LogP contribution is 2.48. The van der Waals surface area contributed by atoms with Gasteiger partial charge >= 0.3 is 12.1 Å². The monoisotopic (exact) mass is 497 g/mol. The van der Waals surface area contributed by atoms with E-state index >= 15 is 0 Å². The summed E-state index contributed by atoms with van der Waals surface area (Å²) in [6.45, 7) is 0. The zero-order valence-electron chi connectivity index (χ0n) is 18.5.